The molecule has 1 fully saturated rings. The summed E-state index contributed by atoms with van der Waals surface area (Å²) in [6.07, 6.45) is -2.90. The van der Waals surface area contributed by atoms with Gasteiger partial charge in [0.2, 0.25) is 0 Å². The lowest BCUT2D eigenvalue weighted by Crippen LogP contribution is -2.56. The maximum absolute atomic E-state index is 14.8. The Labute approximate surface area is 221 Å². The van der Waals surface area contributed by atoms with Crippen LogP contribution in [0.2, 0.25) is 0 Å². The highest BCUT2D eigenvalue weighted by Gasteiger charge is 2.48. The highest BCUT2D eigenvalue weighted by molar-refractivity contribution is 7.93. The van der Waals surface area contributed by atoms with Crippen molar-refractivity contribution in [3.63, 3.8) is 0 Å². The number of hydrogen-bond donors (Lipinski definition) is 4. The fraction of sp³-hybridized carbons (Fsp3) is 0.320. The smallest absolute Gasteiger partial charge is 0.420 e. The van der Waals surface area contributed by atoms with Crippen LogP contribution < -0.4 is 20.7 Å². The summed E-state index contributed by atoms with van der Waals surface area (Å²) in [6, 6.07) is 5.69. The Morgan fingerprint density at radius 2 is 1.90 bits per heavy atom. The van der Waals surface area contributed by atoms with Crippen LogP contribution in [0, 0.1) is 5.82 Å². The molecule has 2 aromatic carbocycles. The Hall–Kier alpha value is -3.78. The van der Waals surface area contributed by atoms with E-state index in [-0.39, 0.29) is 17.1 Å². The van der Waals surface area contributed by atoms with E-state index in [0.717, 1.165) is 18.2 Å². The molecule has 2 aliphatic rings. The van der Waals surface area contributed by atoms with Crippen molar-refractivity contribution in [2.45, 2.75) is 31.9 Å². The van der Waals surface area contributed by atoms with Crippen LogP contribution in [-0.2, 0) is 20.8 Å². The van der Waals surface area contributed by atoms with E-state index < -0.39 is 62.5 Å². The van der Waals surface area contributed by atoms with E-state index in [1.54, 1.807) is 6.92 Å². The largest absolute Gasteiger partial charge is 0.493 e. The summed E-state index contributed by atoms with van der Waals surface area (Å²) < 4.78 is 89.4. The first-order valence-corrected chi connectivity index (χ1v) is 13.5. The maximum atomic E-state index is 14.8. The van der Waals surface area contributed by atoms with Crippen molar-refractivity contribution in [2.24, 2.45) is 0 Å². The zero-order valence-corrected chi connectivity index (χ0v) is 21.5. The van der Waals surface area contributed by atoms with Crippen molar-refractivity contribution in [3.8, 4) is 5.75 Å². The number of benzene rings is 2. The van der Waals surface area contributed by atoms with Gasteiger partial charge in [-0.25, -0.2) is 17.6 Å². The molecule has 0 aromatic heterocycles. The third-order valence-corrected chi connectivity index (χ3v) is 7.88. The zero-order valence-electron chi connectivity index (χ0n) is 20.7. The lowest BCUT2D eigenvalue weighted by molar-refractivity contribution is -0.139. The summed E-state index contributed by atoms with van der Waals surface area (Å²) in [5.74, 6) is -1.97. The molecule has 2 aliphatic heterocycles. The van der Waals surface area contributed by atoms with Crippen LogP contribution >= 0.6 is 0 Å². The number of carbonyl (C=O) groups is 1. The molecule has 210 valence electrons. The number of aliphatic hydroxyl groups excluding tert-OH is 1. The minimum atomic E-state index is -4.86. The van der Waals surface area contributed by atoms with Gasteiger partial charge in [-0.05, 0) is 55.8 Å². The van der Waals surface area contributed by atoms with Crippen LogP contribution in [0.15, 0.2) is 54.4 Å². The van der Waals surface area contributed by atoms with E-state index in [1.165, 1.54) is 31.3 Å². The van der Waals surface area contributed by atoms with Gasteiger partial charge in [0.25, 0.3) is 0 Å². The van der Waals surface area contributed by atoms with Gasteiger partial charge >= 0.3 is 12.2 Å². The molecule has 14 heteroatoms. The van der Waals surface area contributed by atoms with Crippen LogP contribution in [0.3, 0.4) is 0 Å². The second-order valence-electron chi connectivity index (χ2n) is 9.22. The van der Waals surface area contributed by atoms with E-state index in [4.69, 9.17) is 9.47 Å². The number of alkyl halides is 3. The normalized spacial score (nSPS) is 19.5. The molecule has 9 nitrogen and oxygen atoms in total. The molecule has 0 radical (unpaired) electrons. The fourth-order valence-electron chi connectivity index (χ4n) is 4.19. The molecule has 4 rings (SSSR count). The van der Waals surface area contributed by atoms with Crippen molar-refractivity contribution in [1.82, 2.24) is 5.32 Å². The Balaban J connectivity index is 1.46. The molecule has 0 aliphatic carbocycles. The van der Waals surface area contributed by atoms with Crippen LogP contribution in [0.1, 0.15) is 25.0 Å². The van der Waals surface area contributed by atoms with Gasteiger partial charge in [0.1, 0.15) is 22.9 Å². The third-order valence-electron chi connectivity index (χ3n) is 5.78. The molecule has 39 heavy (non-hydrogen) atoms. The number of sulfone groups is 1. The van der Waals surface area contributed by atoms with Crippen LogP contribution in [0.5, 0.6) is 5.75 Å². The second-order valence-corrected chi connectivity index (χ2v) is 11.3. The van der Waals surface area contributed by atoms with Crippen molar-refractivity contribution < 1.29 is 45.4 Å². The van der Waals surface area contributed by atoms with E-state index in [0.29, 0.717) is 23.8 Å². The Bertz CT molecular complexity index is 1440. The number of ether oxygens (including phenoxy) is 2. The summed E-state index contributed by atoms with van der Waals surface area (Å²) >= 11 is 0. The SMILES string of the molecule is CCOC1=CC(c2ccc(NC(=O)Nc3ccc(OC4(C)CS(=O)(=O)C4)c(C(F)(F)F)c3)c(F)c2)=CNC1O. The number of aliphatic hydroxyl groups is 1. The number of carbonyl (C=O) groups excluding carboxylic acids is 1. The van der Waals surface area contributed by atoms with Gasteiger partial charge in [0.05, 0.1) is 29.4 Å². The molecule has 1 atom stereocenters. The van der Waals surface area contributed by atoms with Gasteiger partial charge in [-0.2, -0.15) is 13.2 Å². The number of rotatable bonds is 7. The van der Waals surface area contributed by atoms with E-state index in [1.807, 2.05) is 0 Å². The lowest BCUT2D eigenvalue weighted by atomic mass is 10.0. The third kappa shape index (κ3) is 6.63. The molecule has 0 bridgehead atoms. The molecule has 0 saturated carbocycles. The van der Waals surface area contributed by atoms with Gasteiger partial charge in [-0.1, -0.05) is 6.07 Å². The minimum Gasteiger partial charge on any atom is -0.493 e. The van der Waals surface area contributed by atoms with Gasteiger partial charge in [-0.3, -0.25) is 0 Å². The molecular formula is C25H25F4N3O6S. The summed E-state index contributed by atoms with van der Waals surface area (Å²) in [5, 5.41) is 17.0. The molecular weight excluding hydrogens is 546 g/mol. The number of amides is 2. The Morgan fingerprint density at radius 3 is 2.51 bits per heavy atom. The van der Waals surface area contributed by atoms with Gasteiger partial charge in [0.15, 0.2) is 16.1 Å². The number of anilines is 2. The zero-order chi connectivity index (χ0) is 28.6. The average Bonchev–Trinajstić information content (AvgIpc) is 2.81. The standard InChI is InChI=1S/C25H25F4N3O6S/c1-3-37-21-9-15(11-30-22(21)33)14-4-6-19(18(26)8-14)32-23(34)31-16-5-7-20(17(10-16)25(27,28)29)38-24(2)12-39(35,36)13-24/h4-11,22,30,33H,3,12-13H2,1-2H3,(H2,31,32,34). The van der Waals surface area contributed by atoms with Gasteiger partial charge < -0.3 is 30.5 Å². The maximum Gasteiger partial charge on any atom is 0.420 e. The van der Waals surface area contributed by atoms with Crippen molar-refractivity contribution >= 4 is 32.8 Å². The first kappa shape index (κ1) is 28.2. The second kappa shape index (κ2) is 10.4. The minimum absolute atomic E-state index is 0.232. The van der Waals surface area contributed by atoms with Gasteiger partial charge in [-0.15, -0.1) is 0 Å². The first-order valence-electron chi connectivity index (χ1n) is 11.7. The van der Waals surface area contributed by atoms with Crippen molar-refractivity contribution in [2.75, 3.05) is 28.7 Å². The molecule has 1 unspecified atom stereocenters. The summed E-state index contributed by atoms with van der Waals surface area (Å²) in [5.41, 5.74) is -2.06. The van der Waals surface area contributed by atoms with E-state index in [9.17, 15) is 35.9 Å². The topological polar surface area (TPSA) is 126 Å². The van der Waals surface area contributed by atoms with Crippen LogP contribution in [-0.4, -0.2) is 49.5 Å². The Kier molecular flexibility index (Phi) is 7.54. The summed E-state index contributed by atoms with van der Waals surface area (Å²) in [4.78, 5) is 12.4. The van der Waals surface area contributed by atoms with Gasteiger partial charge in [0, 0.05) is 17.5 Å². The monoisotopic (exact) mass is 571 g/mol. The molecule has 2 aromatic rings. The van der Waals surface area contributed by atoms with Crippen molar-refractivity contribution in [3.05, 3.63) is 71.4 Å². The molecule has 1 saturated heterocycles. The Morgan fingerprint density at radius 1 is 1.18 bits per heavy atom. The highest BCUT2D eigenvalue weighted by Crippen LogP contribution is 2.41. The summed E-state index contributed by atoms with van der Waals surface area (Å²) in [7, 11) is -3.36. The van der Waals surface area contributed by atoms with Crippen molar-refractivity contribution in [1.29, 1.82) is 0 Å². The molecule has 0 spiro atoms. The first-order chi connectivity index (χ1) is 18.2. The van der Waals surface area contributed by atoms with Crippen LogP contribution in [0.4, 0.5) is 33.7 Å². The fourth-order valence-corrected chi connectivity index (χ4v) is 6.08. The molecule has 4 N–H and O–H groups in total. The number of halogens is 4. The lowest BCUT2D eigenvalue weighted by Gasteiger charge is -2.38. The van der Waals surface area contributed by atoms with Crippen LogP contribution in [0.25, 0.3) is 5.57 Å². The number of allylic oxidation sites excluding steroid dienone is 2. The number of nitrogens with one attached hydrogen (secondary N) is 3. The number of urea groups is 1. The molecule has 2 amide bonds. The predicted molar refractivity (Wildman–Crippen MR) is 135 cm³/mol. The average molecular weight is 572 g/mol. The number of dihydropyridines is 1. The quantitative estimate of drug-likeness (QED) is 0.367. The molecule has 2 heterocycles. The van der Waals surface area contributed by atoms with E-state index >= 15 is 0 Å². The highest BCUT2D eigenvalue weighted by atomic mass is 32.2. The predicted octanol–water partition coefficient (Wildman–Crippen LogP) is 4.24. The number of hydrogen-bond acceptors (Lipinski definition) is 7. The van der Waals surface area contributed by atoms with E-state index in [2.05, 4.69) is 16.0 Å². The summed E-state index contributed by atoms with van der Waals surface area (Å²) in [6.45, 7) is 3.45.